The molecule has 3 fully saturated rings. The van der Waals surface area contributed by atoms with Crippen LogP contribution in [0.2, 0.25) is 0 Å². The van der Waals surface area contributed by atoms with E-state index in [9.17, 15) is 22.4 Å². The van der Waals surface area contributed by atoms with E-state index in [0.29, 0.717) is 50.3 Å². The molecule has 0 N–H and O–H groups in total. The lowest BCUT2D eigenvalue weighted by atomic mass is 10.1. The SMILES string of the molecule is O=C(c1ccc(C(F)(F)F)cc1F)N1CCCN2C[C@H](Oc3cnc(C4CC4)cn3)C[C@@H]2C1. The van der Waals surface area contributed by atoms with Crippen molar-refractivity contribution in [1.29, 1.82) is 0 Å². The van der Waals surface area contributed by atoms with Crippen LogP contribution in [-0.2, 0) is 6.18 Å². The normalized spacial score (nSPS) is 23.8. The van der Waals surface area contributed by atoms with Gasteiger partial charge in [0.2, 0.25) is 5.88 Å². The lowest BCUT2D eigenvalue weighted by Crippen LogP contribution is -2.40. The van der Waals surface area contributed by atoms with Gasteiger partial charge in [-0.05, 0) is 37.5 Å². The molecule has 1 aliphatic carbocycles. The van der Waals surface area contributed by atoms with Crippen LogP contribution in [0.4, 0.5) is 17.6 Å². The molecule has 1 aromatic heterocycles. The molecule has 2 saturated heterocycles. The number of halogens is 4. The summed E-state index contributed by atoms with van der Waals surface area (Å²) >= 11 is 0. The summed E-state index contributed by atoms with van der Waals surface area (Å²) in [6.45, 7) is 2.24. The number of carbonyl (C=O) groups excluding carboxylic acids is 1. The quantitative estimate of drug-likeness (QED) is 0.643. The highest BCUT2D eigenvalue weighted by Gasteiger charge is 2.38. The van der Waals surface area contributed by atoms with E-state index in [0.717, 1.165) is 37.2 Å². The van der Waals surface area contributed by atoms with Crippen LogP contribution in [0, 0.1) is 5.82 Å². The second kappa shape index (κ2) is 8.55. The van der Waals surface area contributed by atoms with Gasteiger partial charge in [0.25, 0.3) is 5.91 Å². The highest BCUT2D eigenvalue weighted by Crippen LogP contribution is 2.38. The number of amides is 1. The Bertz CT molecular complexity index is 1030. The summed E-state index contributed by atoms with van der Waals surface area (Å²) in [6, 6.07) is 2.08. The largest absolute Gasteiger partial charge is 0.472 e. The van der Waals surface area contributed by atoms with E-state index in [1.54, 1.807) is 12.4 Å². The Kier molecular flexibility index (Phi) is 5.72. The molecule has 2 aromatic rings. The molecule has 0 spiro atoms. The number of hydrogen-bond acceptors (Lipinski definition) is 5. The first kappa shape index (κ1) is 22.1. The summed E-state index contributed by atoms with van der Waals surface area (Å²) in [6.07, 6.45) is 2.32. The third kappa shape index (κ3) is 4.80. The number of benzene rings is 1. The van der Waals surface area contributed by atoms with Crippen LogP contribution in [-0.4, -0.2) is 64.0 Å². The maximum absolute atomic E-state index is 14.4. The fraction of sp³-hybridized carbons (Fsp3) is 0.522. The molecule has 0 bridgehead atoms. The van der Waals surface area contributed by atoms with Gasteiger partial charge in [0.05, 0.1) is 29.2 Å². The Balaban J connectivity index is 1.23. The van der Waals surface area contributed by atoms with E-state index in [-0.39, 0.29) is 17.7 Å². The van der Waals surface area contributed by atoms with Gasteiger partial charge < -0.3 is 9.64 Å². The Hall–Kier alpha value is -2.75. The topological polar surface area (TPSA) is 58.6 Å². The number of rotatable bonds is 4. The van der Waals surface area contributed by atoms with Crippen molar-refractivity contribution in [3.05, 3.63) is 53.2 Å². The second-order valence-corrected chi connectivity index (χ2v) is 8.98. The van der Waals surface area contributed by atoms with Crippen LogP contribution in [0.3, 0.4) is 0 Å². The number of alkyl halides is 3. The minimum Gasteiger partial charge on any atom is -0.472 e. The van der Waals surface area contributed by atoms with Crippen molar-refractivity contribution in [2.24, 2.45) is 0 Å². The number of fused-ring (bicyclic) bond motifs is 1. The molecule has 1 aromatic carbocycles. The van der Waals surface area contributed by atoms with Crippen molar-refractivity contribution >= 4 is 5.91 Å². The summed E-state index contributed by atoms with van der Waals surface area (Å²) in [4.78, 5) is 25.5. The van der Waals surface area contributed by atoms with E-state index >= 15 is 0 Å². The first-order valence-corrected chi connectivity index (χ1v) is 11.2. The molecule has 0 radical (unpaired) electrons. The lowest BCUT2D eigenvalue weighted by Gasteiger charge is -2.25. The zero-order valence-electron chi connectivity index (χ0n) is 17.9. The summed E-state index contributed by atoms with van der Waals surface area (Å²) < 4.78 is 58.8. The fourth-order valence-corrected chi connectivity index (χ4v) is 4.66. The fourth-order valence-electron chi connectivity index (χ4n) is 4.66. The third-order valence-electron chi connectivity index (χ3n) is 6.54. The Labute approximate surface area is 188 Å². The highest BCUT2D eigenvalue weighted by molar-refractivity contribution is 5.94. The summed E-state index contributed by atoms with van der Waals surface area (Å²) in [5.74, 6) is -0.749. The van der Waals surface area contributed by atoms with E-state index in [1.165, 1.54) is 4.90 Å². The van der Waals surface area contributed by atoms with Gasteiger partial charge in [-0.15, -0.1) is 0 Å². The summed E-state index contributed by atoms with van der Waals surface area (Å²) in [5, 5.41) is 0. The second-order valence-electron chi connectivity index (χ2n) is 8.98. The van der Waals surface area contributed by atoms with Gasteiger partial charge >= 0.3 is 6.18 Å². The van der Waals surface area contributed by atoms with Gasteiger partial charge in [0, 0.05) is 44.6 Å². The Morgan fingerprint density at radius 3 is 2.58 bits per heavy atom. The van der Waals surface area contributed by atoms with Gasteiger partial charge in [-0.2, -0.15) is 13.2 Å². The van der Waals surface area contributed by atoms with Gasteiger partial charge in [0.1, 0.15) is 11.9 Å². The van der Waals surface area contributed by atoms with Crippen molar-refractivity contribution in [3.63, 3.8) is 0 Å². The molecule has 33 heavy (non-hydrogen) atoms. The predicted octanol–water partition coefficient (Wildman–Crippen LogP) is 3.88. The molecular formula is C23H24F4N4O2. The van der Waals surface area contributed by atoms with E-state index in [1.807, 2.05) is 0 Å². The zero-order chi connectivity index (χ0) is 23.2. The highest BCUT2D eigenvalue weighted by atomic mass is 19.4. The molecule has 0 unspecified atom stereocenters. The number of carbonyl (C=O) groups is 1. The Morgan fingerprint density at radius 1 is 1.09 bits per heavy atom. The third-order valence-corrected chi connectivity index (χ3v) is 6.54. The van der Waals surface area contributed by atoms with Crippen LogP contribution >= 0.6 is 0 Å². The van der Waals surface area contributed by atoms with E-state index in [2.05, 4.69) is 14.9 Å². The molecular weight excluding hydrogens is 440 g/mol. The van der Waals surface area contributed by atoms with Crippen LogP contribution in [0.15, 0.2) is 30.6 Å². The monoisotopic (exact) mass is 464 g/mol. The smallest absolute Gasteiger partial charge is 0.416 e. The van der Waals surface area contributed by atoms with Crippen molar-refractivity contribution in [3.8, 4) is 5.88 Å². The van der Waals surface area contributed by atoms with Gasteiger partial charge in [-0.3, -0.25) is 14.7 Å². The molecule has 1 saturated carbocycles. The average molecular weight is 464 g/mol. The lowest BCUT2D eigenvalue weighted by molar-refractivity contribution is -0.137. The van der Waals surface area contributed by atoms with Crippen LogP contribution in [0.5, 0.6) is 5.88 Å². The molecule has 6 nitrogen and oxygen atoms in total. The maximum atomic E-state index is 14.4. The van der Waals surface area contributed by atoms with Crippen LogP contribution < -0.4 is 4.74 Å². The molecule has 5 rings (SSSR count). The van der Waals surface area contributed by atoms with Crippen LogP contribution in [0.25, 0.3) is 0 Å². The van der Waals surface area contributed by atoms with Gasteiger partial charge in [-0.25, -0.2) is 9.37 Å². The van der Waals surface area contributed by atoms with Crippen molar-refractivity contribution in [1.82, 2.24) is 19.8 Å². The predicted molar refractivity (Wildman–Crippen MR) is 110 cm³/mol. The molecule has 3 aliphatic rings. The molecule has 10 heteroatoms. The minimum absolute atomic E-state index is 0.0256. The summed E-state index contributed by atoms with van der Waals surface area (Å²) in [7, 11) is 0. The first-order chi connectivity index (χ1) is 15.8. The Morgan fingerprint density at radius 2 is 1.91 bits per heavy atom. The zero-order valence-corrected chi connectivity index (χ0v) is 17.9. The van der Waals surface area contributed by atoms with Crippen molar-refractivity contribution in [2.45, 2.75) is 49.9 Å². The van der Waals surface area contributed by atoms with Crippen LogP contribution in [0.1, 0.15) is 53.2 Å². The van der Waals surface area contributed by atoms with E-state index in [4.69, 9.17) is 4.74 Å². The minimum atomic E-state index is -4.66. The van der Waals surface area contributed by atoms with E-state index < -0.39 is 23.5 Å². The molecule has 2 atom stereocenters. The number of nitrogens with zero attached hydrogens (tertiary/aromatic N) is 4. The molecule has 176 valence electrons. The molecule has 1 amide bonds. The first-order valence-electron chi connectivity index (χ1n) is 11.2. The van der Waals surface area contributed by atoms with Crippen molar-refractivity contribution < 1.29 is 27.1 Å². The summed E-state index contributed by atoms with van der Waals surface area (Å²) in [5.41, 5.74) is -0.455. The maximum Gasteiger partial charge on any atom is 0.416 e. The van der Waals surface area contributed by atoms with Gasteiger partial charge in [-0.1, -0.05) is 0 Å². The average Bonchev–Trinajstić information content (AvgIpc) is 3.58. The number of hydrogen-bond donors (Lipinski definition) is 0. The number of ether oxygens (including phenoxy) is 1. The standard InChI is InChI=1S/C23H24F4N4O2/c24-19-8-15(23(25,26)27)4-5-18(19)22(32)31-7-1-6-30-13-17(9-16(30)12-31)33-21-11-28-20(10-29-21)14-2-3-14/h4-5,8,10-11,14,16-17H,1-3,6-7,9,12-13H2/t16-,17-/m1/s1. The molecule has 3 heterocycles. The van der Waals surface area contributed by atoms with Crippen molar-refractivity contribution in [2.75, 3.05) is 26.2 Å². The molecule has 2 aliphatic heterocycles. The number of aromatic nitrogens is 2. The van der Waals surface area contributed by atoms with Gasteiger partial charge in [0.15, 0.2) is 0 Å².